The van der Waals surface area contributed by atoms with Gasteiger partial charge in [-0.2, -0.15) is 5.10 Å². The summed E-state index contributed by atoms with van der Waals surface area (Å²) in [6.07, 6.45) is 2.36. The molecule has 1 N–H and O–H groups in total. The molecule has 0 bridgehead atoms. The Hall–Kier alpha value is -3.68. The smallest absolute Gasteiger partial charge is 0.227 e. The molecule has 0 radical (unpaired) electrons. The van der Waals surface area contributed by atoms with Crippen LogP contribution in [0.4, 0.5) is 5.82 Å². The Labute approximate surface area is 180 Å². The van der Waals surface area contributed by atoms with Gasteiger partial charge >= 0.3 is 0 Å². The maximum atomic E-state index is 12.8. The zero-order valence-corrected chi connectivity index (χ0v) is 17.7. The predicted molar refractivity (Wildman–Crippen MR) is 119 cm³/mol. The number of hydrogen-bond donors (Lipinski definition) is 1. The van der Waals surface area contributed by atoms with Crippen LogP contribution in [-0.4, -0.2) is 61.9 Å². The van der Waals surface area contributed by atoms with Crippen LogP contribution >= 0.6 is 0 Å². The maximum Gasteiger partial charge on any atom is 0.227 e. The molecular formula is C23H25N7O. The minimum absolute atomic E-state index is 0.162. The minimum atomic E-state index is 0.162. The summed E-state index contributed by atoms with van der Waals surface area (Å²) < 4.78 is 1.80. The number of anilines is 1. The van der Waals surface area contributed by atoms with Gasteiger partial charge in [-0.25, -0.2) is 4.68 Å². The van der Waals surface area contributed by atoms with Crippen LogP contribution in [0, 0.1) is 13.8 Å². The van der Waals surface area contributed by atoms with Crippen molar-refractivity contribution < 1.29 is 4.79 Å². The first-order valence-electron chi connectivity index (χ1n) is 10.5. The van der Waals surface area contributed by atoms with Crippen molar-refractivity contribution >= 4 is 22.6 Å². The van der Waals surface area contributed by atoms with E-state index in [1.54, 1.807) is 4.68 Å². The van der Waals surface area contributed by atoms with Crippen LogP contribution < -0.4 is 4.90 Å². The maximum absolute atomic E-state index is 12.8. The zero-order valence-electron chi connectivity index (χ0n) is 17.7. The topological polar surface area (TPSA) is 82.9 Å². The van der Waals surface area contributed by atoms with Gasteiger partial charge in [0.15, 0.2) is 11.6 Å². The monoisotopic (exact) mass is 415 g/mol. The van der Waals surface area contributed by atoms with Crippen molar-refractivity contribution in [1.29, 1.82) is 0 Å². The zero-order chi connectivity index (χ0) is 21.4. The van der Waals surface area contributed by atoms with E-state index in [-0.39, 0.29) is 5.91 Å². The lowest BCUT2D eigenvalue weighted by Gasteiger charge is -2.35. The Morgan fingerprint density at radius 3 is 2.45 bits per heavy atom. The van der Waals surface area contributed by atoms with Gasteiger partial charge in [0.05, 0.1) is 12.1 Å². The molecule has 0 unspecified atom stereocenters. The highest BCUT2D eigenvalue weighted by Crippen LogP contribution is 2.20. The predicted octanol–water partition coefficient (Wildman–Crippen LogP) is 2.65. The highest BCUT2D eigenvalue weighted by atomic mass is 16.2. The quantitative estimate of drug-likeness (QED) is 0.554. The van der Waals surface area contributed by atoms with Crippen LogP contribution in [-0.2, 0) is 11.2 Å². The lowest BCUT2D eigenvalue weighted by molar-refractivity contribution is -0.130. The number of fused-ring (bicyclic) bond motifs is 1. The van der Waals surface area contributed by atoms with E-state index in [9.17, 15) is 4.79 Å². The number of aromatic nitrogens is 5. The van der Waals surface area contributed by atoms with Gasteiger partial charge in [0, 0.05) is 49.0 Å². The van der Waals surface area contributed by atoms with Crippen LogP contribution in [0.2, 0.25) is 0 Å². The van der Waals surface area contributed by atoms with Crippen molar-refractivity contribution in [1.82, 2.24) is 29.9 Å². The molecule has 5 rings (SSSR count). The third kappa shape index (κ3) is 3.76. The number of nitrogens with zero attached hydrogens (tertiary/aromatic N) is 6. The SMILES string of the molecule is Cc1cc(C)n(-c2ccc(N3CCN(C(=O)Cc4c[nH]c5ccccc45)CC3)nn2)n1. The minimum Gasteiger partial charge on any atom is -0.361 e. The number of aryl methyl sites for hydroxylation is 2. The normalized spacial score (nSPS) is 14.4. The van der Waals surface area contributed by atoms with Crippen molar-refractivity contribution in [3.63, 3.8) is 0 Å². The summed E-state index contributed by atoms with van der Waals surface area (Å²) in [6, 6.07) is 14.0. The first-order valence-corrected chi connectivity index (χ1v) is 10.5. The fourth-order valence-corrected chi connectivity index (χ4v) is 4.20. The van der Waals surface area contributed by atoms with E-state index >= 15 is 0 Å². The number of amides is 1. The molecule has 0 aliphatic carbocycles. The van der Waals surface area contributed by atoms with Gasteiger partial charge in [-0.15, -0.1) is 10.2 Å². The molecule has 4 heterocycles. The molecule has 1 aromatic carbocycles. The average Bonchev–Trinajstić information content (AvgIpc) is 3.36. The standard InChI is InChI=1S/C23H25N7O/c1-16-13-17(2)30(27-16)22-8-7-21(25-26-22)28-9-11-29(12-10-28)23(31)14-18-15-24-20-6-4-3-5-19(18)20/h3-8,13,15,24H,9-12,14H2,1-2H3. The molecule has 0 atom stereocenters. The second-order valence-corrected chi connectivity index (χ2v) is 7.99. The van der Waals surface area contributed by atoms with Gasteiger partial charge in [-0.3, -0.25) is 4.79 Å². The fourth-order valence-electron chi connectivity index (χ4n) is 4.20. The van der Waals surface area contributed by atoms with Crippen LogP contribution in [0.1, 0.15) is 17.0 Å². The third-order valence-corrected chi connectivity index (χ3v) is 5.84. The van der Waals surface area contributed by atoms with Crippen molar-refractivity contribution in [2.75, 3.05) is 31.1 Å². The molecule has 1 aliphatic heterocycles. The van der Waals surface area contributed by atoms with Gasteiger partial charge in [0.2, 0.25) is 5.91 Å². The van der Waals surface area contributed by atoms with E-state index in [1.807, 2.05) is 61.3 Å². The molecular weight excluding hydrogens is 390 g/mol. The van der Waals surface area contributed by atoms with Crippen LogP contribution in [0.3, 0.4) is 0 Å². The number of carbonyl (C=O) groups excluding carboxylic acids is 1. The summed E-state index contributed by atoms with van der Waals surface area (Å²) in [7, 11) is 0. The van der Waals surface area contributed by atoms with Gasteiger partial charge in [-0.05, 0) is 43.7 Å². The van der Waals surface area contributed by atoms with Gasteiger partial charge in [0.25, 0.3) is 0 Å². The highest BCUT2D eigenvalue weighted by Gasteiger charge is 2.23. The largest absolute Gasteiger partial charge is 0.361 e. The molecule has 4 aromatic rings. The number of rotatable bonds is 4. The lowest BCUT2D eigenvalue weighted by Crippen LogP contribution is -2.49. The van der Waals surface area contributed by atoms with E-state index in [1.165, 1.54) is 0 Å². The summed E-state index contributed by atoms with van der Waals surface area (Å²) >= 11 is 0. The average molecular weight is 416 g/mol. The second kappa shape index (κ2) is 7.86. The summed E-state index contributed by atoms with van der Waals surface area (Å²) in [5.41, 5.74) is 4.10. The third-order valence-electron chi connectivity index (χ3n) is 5.84. The molecule has 1 fully saturated rings. The first kappa shape index (κ1) is 19.3. The number of piperazine rings is 1. The Morgan fingerprint density at radius 2 is 1.74 bits per heavy atom. The number of hydrogen-bond acceptors (Lipinski definition) is 5. The number of nitrogens with one attached hydrogen (secondary N) is 1. The first-order chi connectivity index (χ1) is 15.1. The number of aromatic amines is 1. The Balaban J connectivity index is 1.21. The number of para-hydroxylation sites is 1. The van der Waals surface area contributed by atoms with E-state index in [2.05, 4.69) is 31.2 Å². The van der Waals surface area contributed by atoms with E-state index in [0.29, 0.717) is 25.3 Å². The molecule has 8 heteroatoms. The molecule has 0 saturated carbocycles. The molecule has 0 spiro atoms. The number of H-pyrrole nitrogens is 1. The van der Waals surface area contributed by atoms with Crippen molar-refractivity contribution in [3.05, 3.63) is 65.6 Å². The molecule has 1 saturated heterocycles. The lowest BCUT2D eigenvalue weighted by atomic mass is 10.1. The highest BCUT2D eigenvalue weighted by molar-refractivity contribution is 5.89. The van der Waals surface area contributed by atoms with Gasteiger partial charge in [0.1, 0.15) is 0 Å². The van der Waals surface area contributed by atoms with E-state index in [4.69, 9.17) is 0 Å². The van der Waals surface area contributed by atoms with Gasteiger partial charge in [-0.1, -0.05) is 18.2 Å². The van der Waals surface area contributed by atoms with Crippen molar-refractivity contribution in [3.8, 4) is 5.82 Å². The van der Waals surface area contributed by atoms with Crippen LogP contribution in [0.5, 0.6) is 0 Å². The Kier molecular flexibility index (Phi) is 4.89. The number of carbonyl (C=O) groups is 1. The van der Waals surface area contributed by atoms with Crippen LogP contribution in [0.15, 0.2) is 48.7 Å². The number of benzene rings is 1. The van der Waals surface area contributed by atoms with Crippen LogP contribution in [0.25, 0.3) is 16.7 Å². The fraction of sp³-hybridized carbons (Fsp3) is 0.304. The second-order valence-electron chi connectivity index (χ2n) is 7.99. The summed E-state index contributed by atoms with van der Waals surface area (Å²) in [4.78, 5) is 20.2. The molecule has 1 amide bonds. The van der Waals surface area contributed by atoms with E-state index < -0.39 is 0 Å². The van der Waals surface area contributed by atoms with Gasteiger partial charge < -0.3 is 14.8 Å². The summed E-state index contributed by atoms with van der Waals surface area (Å²) in [5.74, 6) is 1.70. The van der Waals surface area contributed by atoms with Crippen molar-refractivity contribution in [2.24, 2.45) is 0 Å². The molecule has 8 nitrogen and oxygen atoms in total. The molecule has 3 aromatic heterocycles. The molecule has 158 valence electrons. The molecule has 31 heavy (non-hydrogen) atoms. The Bertz CT molecular complexity index is 1220. The van der Waals surface area contributed by atoms with Crippen molar-refractivity contribution in [2.45, 2.75) is 20.3 Å². The summed E-state index contributed by atoms with van der Waals surface area (Å²) in [5, 5.41) is 14.3. The molecule has 1 aliphatic rings. The summed E-state index contributed by atoms with van der Waals surface area (Å²) in [6.45, 7) is 6.82. The van der Waals surface area contributed by atoms with E-state index in [0.717, 1.165) is 46.8 Å². The Morgan fingerprint density at radius 1 is 1.00 bits per heavy atom.